The highest BCUT2D eigenvalue weighted by Gasteiger charge is 2.18. The predicted octanol–water partition coefficient (Wildman–Crippen LogP) is 2.15. The minimum Gasteiger partial charge on any atom is -0.389 e. The fourth-order valence-corrected chi connectivity index (χ4v) is 2.52. The summed E-state index contributed by atoms with van der Waals surface area (Å²) in [5.74, 6) is 1.26. The first-order valence-electron chi connectivity index (χ1n) is 7.77. The van der Waals surface area contributed by atoms with Gasteiger partial charge in [0.05, 0.1) is 25.0 Å². The van der Waals surface area contributed by atoms with E-state index in [1.165, 1.54) is 0 Å². The molecule has 3 atom stereocenters. The number of nitrogens with one attached hydrogen (secondary N) is 1. The van der Waals surface area contributed by atoms with E-state index < -0.39 is 6.10 Å². The average molecular weight is 290 g/mol. The van der Waals surface area contributed by atoms with Gasteiger partial charge in [0.25, 0.3) is 0 Å². The van der Waals surface area contributed by atoms with Crippen LogP contribution in [0, 0.1) is 11.8 Å². The number of ether oxygens (including phenoxy) is 1. The molecule has 0 amide bonds. The minimum absolute atomic E-state index is 0.391. The Labute approximate surface area is 127 Å². The van der Waals surface area contributed by atoms with E-state index in [4.69, 9.17) is 4.74 Å². The molecule has 116 valence electrons. The number of hydrogen-bond acceptors (Lipinski definition) is 4. The molecule has 0 radical (unpaired) electrons. The van der Waals surface area contributed by atoms with E-state index in [0.717, 1.165) is 25.1 Å². The van der Waals surface area contributed by atoms with Crippen molar-refractivity contribution in [3.63, 3.8) is 0 Å². The molecular formula is C17H26N2O2. The molecule has 1 aliphatic rings. The first-order valence-corrected chi connectivity index (χ1v) is 7.77. The molecule has 1 aliphatic carbocycles. The maximum atomic E-state index is 9.90. The molecule has 2 rings (SSSR count). The fourth-order valence-electron chi connectivity index (χ4n) is 2.52. The number of aliphatic hydroxyl groups excluding tert-OH is 1. The summed E-state index contributed by atoms with van der Waals surface area (Å²) in [5.41, 5.74) is 0.980. The van der Waals surface area contributed by atoms with Crippen LogP contribution in [0.25, 0.3) is 0 Å². The van der Waals surface area contributed by atoms with Gasteiger partial charge >= 0.3 is 0 Å². The lowest BCUT2D eigenvalue weighted by Crippen LogP contribution is -2.31. The van der Waals surface area contributed by atoms with Gasteiger partial charge in [-0.15, -0.1) is 0 Å². The molecule has 1 aromatic rings. The van der Waals surface area contributed by atoms with Gasteiger partial charge in [-0.2, -0.15) is 0 Å². The van der Waals surface area contributed by atoms with Gasteiger partial charge in [0, 0.05) is 19.3 Å². The molecule has 0 fully saturated rings. The van der Waals surface area contributed by atoms with Crippen LogP contribution in [0.2, 0.25) is 0 Å². The van der Waals surface area contributed by atoms with Crippen LogP contribution in [0.4, 0.5) is 0 Å². The van der Waals surface area contributed by atoms with Crippen LogP contribution in [0.3, 0.4) is 0 Å². The number of aromatic nitrogens is 1. The van der Waals surface area contributed by atoms with E-state index in [9.17, 15) is 5.11 Å². The van der Waals surface area contributed by atoms with Gasteiger partial charge in [0.2, 0.25) is 0 Å². The molecule has 21 heavy (non-hydrogen) atoms. The third kappa shape index (κ3) is 5.96. The predicted molar refractivity (Wildman–Crippen MR) is 83.8 cm³/mol. The van der Waals surface area contributed by atoms with E-state index in [0.29, 0.717) is 31.5 Å². The van der Waals surface area contributed by atoms with Gasteiger partial charge in [0.15, 0.2) is 0 Å². The molecule has 0 spiro atoms. The summed E-state index contributed by atoms with van der Waals surface area (Å²) in [6.07, 6.45) is 8.02. The van der Waals surface area contributed by atoms with E-state index in [1.807, 2.05) is 18.2 Å². The lowest BCUT2D eigenvalue weighted by atomic mass is 9.85. The smallest absolute Gasteiger partial charge is 0.0897 e. The van der Waals surface area contributed by atoms with Crippen LogP contribution in [0.15, 0.2) is 36.5 Å². The van der Waals surface area contributed by atoms with Crippen molar-refractivity contribution < 1.29 is 9.84 Å². The van der Waals surface area contributed by atoms with Crippen LogP contribution < -0.4 is 5.32 Å². The monoisotopic (exact) mass is 290 g/mol. The van der Waals surface area contributed by atoms with E-state index >= 15 is 0 Å². The van der Waals surface area contributed by atoms with Crippen molar-refractivity contribution in [3.05, 3.63) is 42.2 Å². The summed E-state index contributed by atoms with van der Waals surface area (Å²) >= 11 is 0. The second-order valence-corrected chi connectivity index (χ2v) is 5.82. The average Bonchev–Trinajstić information content (AvgIpc) is 2.50. The lowest BCUT2D eigenvalue weighted by molar-refractivity contribution is 0.0127. The maximum absolute atomic E-state index is 9.90. The highest BCUT2D eigenvalue weighted by atomic mass is 16.5. The van der Waals surface area contributed by atoms with Crippen molar-refractivity contribution in [2.75, 3.05) is 19.8 Å². The molecule has 0 saturated heterocycles. The Balaban J connectivity index is 1.55. The van der Waals surface area contributed by atoms with Gasteiger partial charge in [-0.1, -0.05) is 25.1 Å². The standard InChI is InChI=1S/C17H26N2O2/c1-14-6-2-3-7-15(14)12-21-13-17(20)11-18-10-16-8-4-5-9-19-16/h2-5,8-9,14-15,17-18,20H,6-7,10-13H2,1H3. The number of hydrogen-bond donors (Lipinski definition) is 2. The van der Waals surface area contributed by atoms with Crippen molar-refractivity contribution in [3.8, 4) is 0 Å². The molecule has 0 aromatic carbocycles. The van der Waals surface area contributed by atoms with Crippen LogP contribution in [-0.4, -0.2) is 36.0 Å². The second-order valence-electron chi connectivity index (χ2n) is 5.82. The van der Waals surface area contributed by atoms with Crippen LogP contribution in [0.5, 0.6) is 0 Å². The molecule has 0 bridgehead atoms. The normalized spacial score (nSPS) is 23.1. The highest BCUT2D eigenvalue weighted by Crippen LogP contribution is 2.24. The first-order chi connectivity index (χ1) is 10.3. The molecule has 4 heteroatoms. The van der Waals surface area contributed by atoms with Gasteiger partial charge in [-0.05, 0) is 36.8 Å². The summed E-state index contributed by atoms with van der Waals surface area (Å²) in [4.78, 5) is 4.23. The molecule has 2 N–H and O–H groups in total. The number of allylic oxidation sites excluding steroid dienone is 2. The topological polar surface area (TPSA) is 54.4 Å². The Hall–Kier alpha value is -1.23. The maximum Gasteiger partial charge on any atom is 0.0897 e. The Morgan fingerprint density at radius 3 is 3.00 bits per heavy atom. The highest BCUT2D eigenvalue weighted by molar-refractivity contribution is 5.02. The third-order valence-corrected chi connectivity index (χ3v) is 3.97. The van der Waals surface area contributed by atoms with Crippen molar-refractivity contribution >= 4 is 0 Å². The Kier molecular flexibility index (Phi) is 6.86. The van der Waals surface area contributed by atoms with Crippen molar-refractivity contribution in [2.24, 2.45) is 11.8 Å². The van der Waals surface area contributed by atoms with Gasteiger partial charge < -0.3 is 15.2 Å². The number of rotatable bonds is 8. The zero-order chi connectivity index (χ0) is 14.9. The van der Waals surface area contributed by atoms with Crippen LogP contribution in [-0.2, 0) is 11.3 Å². The van der Waals surface area contributed by atoms with E-state index in [1.54, 1.807) is 6.20 Å². The fraction of sp³-hybridized carbons (Fsp3) is 0.588. The Bertz CT molecular complexity index is 422. The summed E-state index contributed by atoms with van der Waals surface area (Å²) in [6, 6.07) is 5.82. The lowest BCUT2D eigenvalue weighted by Gasteiger charge is -2.25. The van der Waals surface area contributed by atoms with Crippen LogP contribution in [0.1, 0.15) is 25.5 Å². The minimum atomic E-state index is -0.469. The summed E-state index contributed by atoms with van der Waals surface area (Å²) < 4.78 is 5.67. The molecule has 4 nitrogen and oxygen atoms in total. The summed E-state index contributed by atoms with van der Waals surface area (Å²) in [5, 5.41) is 13.1. The van der Waals surface area contributed by atoms with E-state index in [2.05, 4.69) is 29.4 Å². The number of nitrogens with zero attached hydrogens (tertiary/aromatic N) is 1. The summed E-state index contributed by atoms with van der Waals surface area (Å²) in [6.45, 7) is 4.59. The first kappa shape index (κ1) is 16.1. The SMILES string of the molecule is CC1CC=CCC1COCC(O)CNCc1ccccn1. The Morgan fingerprint density at radius 1 is 1.38 bits per heavy atom. The molecule has 0 aliphatic heterocycles. The zero-order valence-electron chi connectivity index (χ0n) is 12.7. The van der Waals surface area contributed by atoms with Crippen molar-refractivity contribution in [1.29, 1.82) is 0 Å². The molecular weight excluding hydrogens is 264 g/mol. The summed E-state index contributed by atoms with van der Waals surface area (Å²) in [7, 11) is 0. The van der Waals surface area contributed by atoms with Gasteiger partial charge in [-0.3, -0.25) is 4.98 Å². The molecule has 1 aromatic heterocycles. The number of pyridine rings is 1. The van der Waals surface area contributed by atoms with Gasteiger partial charge in [-0.25, -0.2) is 0 Å². The third-order valence-electron chi connectivity index (χ3n) is 3.97. The Morgan fingerprint density at radius 2 is 2.24 bits per heavy atom. The van der Waals surface area contributed by atoms with E-state index in [-0.39, 0.29) is 0 Å². The van der Waals surface area contributed by atoms with Crippen molar-refractivity contribution in [1.82, 2.24) is 10.3 Å². The largest absolute Gasteiger partial charge is 0.389 e. The van der Waals surface area contributed by atoms with Gasteiger partial charge in [0.1, 0.15) is 0 Å². The molecule has 3 unspecified atom stereocenters. The quantitative estimate of drug-likeness (QED) is 0.720. The molecule has 0 saturated carbocycles. The molecule has 1 heterocycles. The van der Waals surface area contributed by atoms with Crippen LogP contribution >= 0.6 is 0 Å². The zero-order valence-corrected chi connectivity index (χ0v) is 12.7. The number of aliphatic hydroxyl groups is 1. The second kappa shape index (κ2) is 8.93. The van der Waals surface area contributed by atoms with Crippen molar-refractivity contribution in [2.45, 2.75) is 32.4 Å².